The van der Waals surface area contributed by atoms with E-state index in [2.05, 4.69) is 13.0 Å². The topological polar surface area (TPSA) is 17.1 Å². The van der Waals surface area contributed by atoms with Crippen molar-refractivity contribution in [3.8, 4) is 0 Å². The number of carbonyl (C=O) groups is 1. The van der Waals surface area contributed by atoms with Crippen LogP contribution in [0.4, 0.5) is 4.39 Å². The van der Waals surface area contributed by atoms with Gasteiger partial charge in [0.2, 0.25) is 0 Å². The second-order valence-electron chi connectivity index (χ2n) is 5.66. The van der Waals surface area contributed by atoms with Crippen molar-refractivity contribution in [1.29, 1.82) is 0 Å². The highest BCUT2D eigenvalue weighted by molar-refractivity contribution is 6.13. The number of benzene rings is 2. The van der Waals surface area contributed by atoms with Crippen LogP contribution in [0.1, 0.15) is 39.0 Å². The molecule has 106 valence electrons. The van der Waals surface area contributed by atoms with Gasteiger partial charge in [0.25, 0.3) is 0 Å². The van der Waals surface area contributed by atoms with E-state index in [1.165, 1.54) is 23.3 Å². The molecule has 1 nitrogen and oxygen atoms in total. The lowest BCUT2D eigenvalue weighted by Crippen LogP contribution is -2.15. The number of Topliss-reactive ketones (excluding diaryl/α,β-unsaturated/α-hetero) is 1. The summed E-state index contributed by atoms with van der Waals surface area (Å²) >= 11 is 0. The second kappa shape index (κ2) is 5.28. The minimum Gasteiger partial charge on any atom is -0.289 e. The molecule has 1 aliphatic rings. The van der Waals surface area contributed by atoms with Crippen molar-refractivity contribution in [2.45, 2.75) is 26.7 Å². The summed E-state index contributed by atoms with van der Waals surface area (Å²) in [5.41, 5.74) is 5.97. The molecule has 2 aromatic rings. The lowest BCUT2D eigenvalue weighted by Gasteiger charge is -2.20. The van der Waals surface area contributed by atoms with Crippen LogP contribution < -0.4 is 0 Å². The summed E-state index contributed by atoms with van der Waals surface area (Å²) in [7, 11) is 0. The first-order chi connectivity index (χ1) is 10.0. The van der Waals surface area contributed by atoms with Crippen LogP contribution in [0.2, 0.25) is 0 Å². The Kier molecular flexibility index (Phi) is 3.46. The van der Waals surface area contributed by atoms with Crippen molar-refractivity contribution in [3.05, 3.63) is 75.6 Å². The van der Waals surface area contributed by atoms with Crippen LogP contribution in [0, 0.1) is 19.7 Å². The van der Waals surface area contributed by atoms with Gasteiger partial charge >= 0.3 is 0 Å². The Morgan fingerprint density at radius 2 is 1.76 bits per heavy atom. The Bertz CT molecular complexity index is 739. The number of ketones is 1. The molecule has 0 saturated heterocycles. The van der Waals surface area contributed by atoms with Gasteiger partial charge < -0.3 is 0 Å². The molecule has 0 N–H and O–H groups in total. The number of fused-ring (bicyclic) bond motifs is 1. The van der Waals surface area contributed by atoms with Crippen LogP contribution in [0.3, 0.4) is 0 Å². The van der Waals surface area contributed by atoms with Gasteiger partial charge in [0.1, 0.15) is 5.82 Å². The van der Waals surface area contributed by atoms with E-state index in [4.69, 9.17) is 0 Å². The van der Waals surface area contributed by atoms with E-state index in [0.717, 1.165) is 35.1 Å². The van der Waals surface area contributed by atoms with Crippen molar-refractivity contribution in [2.75, 3.05) is 0 Å². The summed E-state index contributed by atoms with van der Waals surface area (Å²) in [6, 6.07) is 10.3. The molecule has 0 atom stereocenters. The zero-order valence-electron chi connectivity index (χ0n) is 12.2. The molecule has 0 radical (unpaired) electrons. The molecule has 0 fully saturated rings. The number of rotatable bonds is 1. The van der Waals surface area contributed by atoms with Gasteiger partial charge in [-0.25, -0.2) is 4.39 Å². The van der Waals surface area contributed by atoms with Crippen molar-refractivity contribution < 1.29 is 9.18 Å². The Balaban J connectivity index is 2.00. The maximum absolute atomic E-state index is 12.9. The fourth-order valence-corrected chi connectivity index (χ4v) is 2.98. The quantitative estimate of drug-likeness (QED) is 0.695. The van der Waals surface area contributed by atoms with Crippen LogP contribution in [-0.2, 0) is 6.42 Å². The summed E-state index contributed by atoms with van der Waals surface area (Å²) in [6.45, 7) is 4.08. The average molecular weight is 280 g/mol. The SMILES string of the molecule is Cc1cc(C)c2c(c1)C(=O)/C(=C\c1ccc(F)cc1)CC2. The van der Waals surface area contributed by atoms with E-state index < -0.39 is 0 Å². The van der Waals surface area contributed by atoms with Crippen LogP contribution in [0.15, 0.2) is 42.0 Å². The molecule has 0 amide bonds. The van der Waals surface area contributed by atoms with Gasteiger partial charge in [-0.1, -0.05) is 23.8 Å². The molecule has 0 bridgehead atoms. The Morgan fingerprint density at radius 1 is 1.05 bits per heavy atom. The number of aryl methyl sites for hydroxylation is 2. The van der Waals surface area contributed by atoms with Crippen LogP contribution >= 0.6 is 0 Å². The zero-order valence-corrected chi connectivity index (χ0v) is 12.2. The van der Waals surface area contributed by atoms with E-state index in [9.17, 15) is 9.18 Å². The monoisotopic (exact) mass is 280 g/mol. The molecule has 2 aromatic carbocycles. The Labute approximate surface area is 124 Å². The number of hydrogen-bond acceptors (Lipinski definition) is 1. The number of carbonyl (C=O) groups excluding carboxylic acids is 1. The molecule has 1 aliphatic carbocycles. The standard InChI is InChI=1S/C19H17FO/c1-12-9-13(2)17-8-5-15(19(21)18(17)10-12)11-14-3-6-16(20)7-4-14/h3-4,6-7,9-11H,5,8H2,1-2H3/b15-11-. The second-order valence-corrected chi connectivity index (χ2v) is 5.66. The van der Waals surface area contributed by atoms with E-state index in [1.54, 1.807) is 12.1 Å². The molecule has 21 heavy (non-hydrogen) atoms. The molecule has 2 heteroatoms. The van der Waals surface area contributed by atoms with Crippen molar-refractivity contribution >= 4 is 11.9 Å². The van der Waals surface area contributed by atoms with Crippen molar-refractivity contribution in [1.82, 2.24) is 0 Å². The Morgan fingerprint density at radius 3 is 2.48 bits per heavy atom. The molecule has 0 aliphatic heterocycles. The van der Waals surface area contributed by atoms with Crippen molar-refractivity contribution in [3.63, 3.8) is 0 Å². The molecule has 0 aromatic heterocycles. The lowest BCUT2D eigenvalue weighted by molar-refractivity contribution is 0.102. The molecular weight excluding hydrogens is 263 g/mol. The fraction of sp³-hybridized carbons (Fsp3) is 0.211. The molecule has 3 rings (SSSR count). The van der Waals surface area contributed by atoms with E-state index >= 15 is 0 Å². The van der Waals surface area contributed by atoms with Gasteiger partial charge in [0, 0.05) is 11.1 Å². The van der Waals surface area contributed by atoms with Crippen LogP contribution in [-0.4, -0.2) is 5.78 Å². The number of hydrogen-bond donors (Lipinski definition) is 0. The number of halogens is 1. The molecular formula is C19H17FO. The molecule has 0 heterocycles. The van der Waals surface area contributed by atoms with E-state index in [0.29, 0.717) is 0 Å². The average Bonchev–Trinajstić information content (AvgIpc) is 2.45. The van der Waals surface area contributed by atoms with Gasteiger partial charge in [-0.05, 0) is 67.7 Å². The highest BCUT2D eigenvalue weighted by Crippen LogP contribution is 2.29. The third kappa shape index (κ3) is 2.66. The first-order valence-electron chi connectivity index (χ1n) is 7.15. The summed E-state index contributed by atoms with van der Waals surface area (Å²) in [5, 5.41) is 0. The van der Waals surface area contributed by atoms with E-state index in [-0.39, 0.29) is 11.6 Å². The van der Waals surface area contributed by atoms with Gasteiger partial charge in [-0.3, -0.25) is 4.79 Å². The third-order valence-electron chi connectivity index (χ3n) is 4.01. The highest BCUT2D eigenvalue weighted by Gasteiger charge is 2.23. The molecule has 0 unspecified atom stereocenters. The maximum atomic E-state index is 12.9. The van der Waals surface area contributed by atoms with Crippen LogP contribution in [0.5, 0.6) is 0 Å². The molecule has 0 saturated carbocycles. The summed E-state index contributed by atoms with van der Waals surface area (Å²) in [6.07, 6.45) is 3.51. The smallest absolute Gasteiger partial charge is 0.189 e. The summed E-state index contributed by atoms with van der Waals surface area (Å²) in [5.74, 6) is -0.156. The maximum Gasteiger partial charge on any atom is 0.189 e. The lowest BCUT2D eigenvalue weighted by atomic mass is 9.83. The third-order valence-corrected chi connectivity index (χ3v) is 4.01. The van der Waals surface area contributed by atoms with E-state index in [1.807, 2.05) is 19.1 Å². The molecule has 0 spiro atoms. The normalized spacial score (nSPS) is 16.1. The first-order valence-corrected chi connectivity index (χ1v) is 7.15. The predicted molar refractivity (Wildman–Crippen MR) is 82.9 cm³/mol. The summed E-state index contributed by atoms with van der Waals surface area (Å²) in [4.78, 5) is 12.7. The zero-order chi connectivity index (χ0) is 15.0. The van der Waals surface area contributed by atoms with Crippen LogP contribution in [0.25, 0.3) is 6.08 Å². The van der Waals surface area contributed by atoms with Gasteiger partial charge in [0.05, 0.1) is 0 Å². The number of allylic oxidation sites excluding steroid dienone is 1. The minimum atomic E-state index is -0.260. The largest absolute Gasteiger partial charge is 0.289 e. The summed E-state index contributed by atoms with van der Waals surface area (Å²) < 4.78 is 12.9. The van der Waals surface area contributed by atoms with Gasteiger partial charge in [-0.2, -0.15) is 0 Å². The van der Waals surface area contributed by atoms with Gasteiger partial charge in [-0.15, -0.1) is 0 Å². The fourth-order valence-electron chi connectivity index (χ4n) is 2.98. The first kappa shape index (κ1) is 13.7. The van der Waals surface area contributed by atoms with Gasteiger partial charge in [0.15, 0.2) is 5.78 Å². The minimum absolute atomic E-state index is 0.104. The van der Waals surface area contributed by atoms with Crippen molar-refractivity contribution in [2.24, 2.45) is 0 Å². The highest BCUT2D eigenvalue weighted by atomic mass is 19.1. The Hall–Kier alpha value is -2.22. The predicted octanol–water partition coefficient (Wildman–Crippen LogP) is 4.66.